The highest BCUT2D eigenvalue weighted by molar-refractivity contribution is 7.99. The van der Waals surface area contributed by atoms with Gasteiger partial charge in [0, 0.05) is 12.5 Å². The molecule has 0 atom stereocenters. The molecule has 0 saturated carbocycles. The molecule has 9 heteroatoms. The van der Waals surface area contributed by atoms with Crippen LogP contribution in [0, 0.1) is 10.1 Å². The molecule has 1 N–H and O–H groups in total. The Bertz CT molecular complexity index is 1250. The van der Waals surface area contributed by atoms with E-state index < -0.39 is 4.92 Å². The van der Waals surface area contributed by atoms with E-state index in [9.17, 15) is 14.9 Å². The minimum atomic E-state index is -0.519. The third-order valence-electron chi connectivity index (χ3n) is 4.89. The van der Waals surface area contributed by atoms with Crippen molar-refractivity contribution in [2.75, 3.05) is 11.1 Å². The number of benzene rings is 3. The monoisotopic (exact) mass is 459 g/mol. The molecule has 0 aliphatic heterocycles. The number of carbonyl (C=O) groups is 1. The Morgan fingerprint density at radius 2 is 1.55 bits per heavy atom. The second-order valence-electron chi connectivity index (χ2n) is 7.24. The Labute approximate surface area is 194 Å². The molecule has 1 amide bonds. The first-order valence-corrected chi connectivity index (χ1v) is 11.2. The van der Waals surface area contributed by atoms with E-state index in [1.165, 1.54) is 23.9 Å². The fourth-order valence-electron chi connectivity index (χ4n) is 3.31. The van der Waals surface area contributed by atoms with Gasteiger partial charge in [0.1, 0.15) is 11.5 Å². The normalized spacial score (nSPS) is 10.7. The lowest BCUT2D eigenvalue weighted by Crippen LogP contribution is -2.16. The molecular weight excluding hydrogens is 438 g/mol. The highest BCUT2D eigenvalue weighted by atomic mass is 32.2. The molecule has 1 aromatic heterocycles. The van der Waals surface area contributed by atoms with Gasteiger partial charge in [-0.05, 0) is 17.2 Å². The number of amides is 1. The van der Waals surface area contributed by atoms with Gasteiger partial charge in [0.25, 0.3) is 5.69 Å². The van der Waals surface area contributed by atoms with Crippen molar-refractivity contribution < 1.29 is 9.72 Å². The summed E-state index contributed by atoms with van der Waals surface area (Å²) in [5.41, 5.74) is 2.24. The molecule has 0 saturated heterocycles. The molecule has 33 heavy (non-hydrogen) atoms. The Morgan fingerprint density at radius 3 is 2.24 bits per heavy atom. The number of nitro benzene ring substituents is 1. The SMILES string of the molecule is O=C(CSc1nnc(Cc2ccccc2)n1Cc1ccccc1)Nc1ccccc1[N+](=O)[O-]. The summed E-state index contributed by atoms with van der Waals surface area (Å²) in [6.45, 7) is 0.574. The number of rotatable bonds is 9. The Kier molecular flexibility index (Phi) is 7.11. The zero-order valence-corrected chi connectivity index (χ0v) is 18.4. The average molecular weight is 460 g/mol. The lowest BCUT2D eigenvalue weighted by molar-refractivity contribution is -0.383. The smallest absolute Gasteiger partial charge is 0.292 e. The molecule has 0 aliphatic carbocycles. The van der Waals surface area contributed by atoms with Gasteiger partial charge < -0.3 is 9.88 Å². The highest BCUT2D eigenvalue weighted by Gasteiger charge is 2.18. The summed E-state index contributed by atoms with van der Waals surface area (Å²) in [7, 11) is 0. The van der Waals surface area contributed by atoms with Crippen molar-refractivity contribution in [3.05, 3.63) is 112 Å². The standard InChI is InChI=1S/C24H21N5O3S/c30-23(25-20-13-7-8-14-21(20)29(31)32)17-33-24-27-26-22(15-18-9-3-1-4-10-18)28(24)16-19-11-5-2-6-12-19/h1-14H,15-17H2,(H,25,30). The van der Waals surface area contributed by atoms with Gasteiger partial charge in [0.15, 0.2) is 5.16 Å². The third-order valence-corrected chi connectivity index (χ3v) is 5.86. The van der Waals surface area contributed by atoms with Crippen LogP contribution in [0.4, 0.5) is 11.4 Å². The first-order chi connectivity index (χ1) is 16.1. The van der Waals surface area contributed by atoms with Gasteiger partial charge in [-0.15, -0.1) is 10.2 Å². The predicted octanol–water partition coefficient (Wildman–Crippen LogP) is 4.56. The highest BCUT2D eigenvalue weighted by Crippen LogP contribution is 2.25. The second-order valence-corrected chi connectivity index (χ2v) is 8.19. The molecule has 0 radical (unpaired) electrons. The minimum absolute atomic E-state index is 0.0459. The number of hydrogen-bond acceptors (Lipinski definition) is 6. The van der Waals surface area contributed by atoms with Gasteiger partial charge in [0.05, 0.1) is 17.2 Å². The van der Waals surface area contributed by atoms with Crippen LogP contribution in [0.1, 0.15) is 17.0 Å². The fraction of sp³-hybridized carbons (Fsp3) is 0.125. The van der Waals surface area contributed by atoms with Gasteiger partial charge in [-0.3, -0.25) is 14.9 Å². The lowest BCUT2D eigenvalue weighted by atomic mass is 10.1. The molecular formula is C24H21N5O3S. The van der Waals surface area contributed by atoms with E-state index in [1.54, 1.807) is 12.1 Å². The van der Waals surface area contributed by atoms with Crippen LogP contribution in [0.15, 0.2) is 90.1 Å². The summed E-state index contributed by atoms with van der Waals surface area (Å²) < 4.78 is 2.01. The number of thioether (sulfide) groups is 1. The minimum Gasteiger partial charge on any atom is -0.320 e. The molecule has 4 aromatic rings. The van der Waals surface area contributed by atoms with Gasteiger partial charge >= 0.3 is 0 Å². The summed E-state index contributed by atoms with van der Waals surface area (Å²) in [5.74, 6) is 0.490. The van der Waals surface area contributed by atoms with Crippen LogP contribution in [0.3, 0.4) is 0 Å². The number of nitro groups is 1. The molecule has 0 bridgehead atoms. The Morgan fingerprint density at radius 1 is 0.909 bits per heavy atom. The molecule has 8 nitrogen and oxygen atoms in total. The van der Waals surface area contributed by atoms with Gasteiger partial charge in [-0.1, -0.05) is 84.6 Å². The van der Waals surface area contributed by atoms with Crippen molar-refractivity contribution in [2.24, 2.45) is 0 Å². The van der Waals surface area contributed by atoms with E-state index in [1.807, 2.05) is 65.2 Å². The average Bonchev–Trinajstić information content (AvgIpc) is 3.20. The van der Waals surface area contributed by atoms with Gasteiger partial charge in [-0.25, -0.2) is 0 Å². The van der Waals surface area contributed by atoms with Crippen LogP contribution < -0.4 is 5.32 Å². The van der Waals surface area contributed by atoms with Crippen LogP contribution >= 0.6 is 11.8 Å². The molecule has 0 unspecified atom stereocenters. The summed E-state index contributed by atoms with van der Waals surface area (Å²) in [5, 5.41) is 23.1. The van der Waals surface area contributed by atoms with Crippen molar-refractivity contribution in [3.8, 4) is 0 Å². The van der Waals surface area contributed by atoms with Crippen LogP contribution in [0.5, 0.6) is 0 Å². The lowest BCUT2D eigenvalue weighted by Gasteiger charge is -2.11. The van der Waals surface area contributed by atoms with Crippen LogP contribution in [0.2, 0.25) is 0 Å². The molecule has 0 fully saturated rings. The van der Waals surface area contributed by atoms with Gasteiger partial charge in [0.2, 0.25) is 5.91 Å². The first-order valence-electron chi connectivity index (χ1n) is 10.3. The van der Waals surface area contributed by atoms with Crippen LogP contribution in [0.25, 0.3) is 0 Å². The number of carbonyl (C=O) groups excluding carboxylic acids is 1. The zero-order chi connectivity index (χ0) is 23.0. The maximum atomic E-state index is 12.5. The number of para-hydroxylation sites is 2. The summed E-state index contributed by atoms with van der Waals surface area (Å²) >= 11 is 1.25. The van der Waals surface area contributed by atoms with E-state index in [0.717, 1.165) is 17.0 Å². The van der Waals surface area contributed by atoms with E-state index in [-0.39, 0.29) is 23.0 Å². The summed E-state index contributed by atoms with van der Waals surface area (Å²) in [4.78, 5) is 23.2. The van der Waals surface area contributed by atoms with Gasteiger partial charge in [-0.2, -0.15) is 0 Å². The van der Waals surface area contributed by atoms with Crippen LogP contribution in [-0.2, 0) is 17.8 Å². The number of nitrogens with one attached hydrogen (secondary N) is 1. The topological polar surface area (TPSA) is 103 Å². The third kappa shape index (κ3) is 5.83. The maximum absolute atomic E-state index is 12.5. The largest absolute Gasteiger partial charge is 0.320 e. The Hall–Kier alpha value is -3.98. The first kappa shape index (κ1) is 22.2. The van der Waals surface area contributed by atoms with E-state index in [4.69, 9.17) is 0 Å². The number of anilines is 1. The quantitative estimate of drug-likeness (QED) is 0.224. The van der Waals surface area contributed by atoms with Crippen molar-refractivity contribution in [1.82, 2.24) is 14.8 Å². The number of hydrogen-bond donors (Lipinski definition) is 1. The van der Waals surface area contributed by atoms with E-state index in [2.05, 4.69) is 15.5 Å². The molecule has 0 spiro atoms. The molecule has 166 valence electrons. The van der Waals surface area contributed by atoms with E-state index in [0.29, 0.717) is 18.1 Å². The van der Waals surface area contributed by atoms with E-state index >= 15 is 0 Å². The van der Waals surface area contributed by atoms with Crippen molar-refractivity contribution >= 4 is 29.0 Å². The second kappa shape index (κ2) is 10.6. The fourth-order valence-corrected chi connectivity index (χ4v) is 4.07. The maximum Gasteiger partial charge on any atom is 0.292 e. The summed E-state index contributed by atoms with van der Waals surface area (Å²) in [6, 6.07) is 26.0. The number of aromatic nitrogens is 3. The summed E-state index contributed by atoms with van der Waals surface area (Å²) in [6.07, 6.45) is 0.615. The molecule has 1 heterocycles. The molecule has 3 aromatic carbocycles. The zero-order valence-electron chi connectivity index (χ0n) is 17.6. The van der Waals surface area contributed by atoms with Crippen molar-refractivity contribution in [1.29, 1.82) is 0 Å². The predicted molar refractivity (Wildman–Crippen MR) is 127 cm³/mol. The number of nitrogens with zero attached hydrogens (tertiary/aromatic N) is 4. The van der Waals surface area contributed by atoms with Crippen molar-refractivity contribution in [3.63, 3.8) is 0 Å². The molecule has 4 rings (SSSR count). The molecule has 0 aliphatic rings. The van der Waals surface area contributed by atoms with Crippen molar-refractivity contribution in [2.45, 2.75) is 18.1 Å². The van der Waals surface area contributed by atoms with Crippen LogP contribution in [-0.4, -0.2) is 31.3 Å². The Balaban J connectivity index is 1.51.